The second-order valence-electron chi connectivity index (χ2n) is 6.90. The Labute approximate surface area is 175 Å². The zero-order chi connectivity index (χ0) is 19.3. The van der Waals surface area contributed by atoms with Crippen LogP contribution in [0.25, 0.3) is 10.9 Å². The van der Waals surface area contributed by atoms with Crippen LogP contribution in [0, 0.1) is 0 Å². The van der Waals surface area contributed by atoms with E-state index in [-0.39, 0.29) is 18.3 Å². The number of nitrogens with two attached hydrogens (primary N) is 1. The molecule has 152 valence electrons. The molecule has 2 aromatic heterocycles. The summed E-state index contributed by atoms with van der Waals surface area (Å²) < 4.78 is 0. The van der Waals surface area contributed by atoms with Gasteiger partial charge >= 0.3 is 0 Å². The Morgan fingerprint density at radius 1 is 1.07 bits per heavy atom. The summed E-state index contributed by atoms with van der Waals surface area (Å²) in [4.78, 5) is 21.2. The lowest BCUT2D eigenvalue weighted by atomic mass is 9.92. The number of carbonyl (C=O) groups is 1. The largest absolute Gasteiger partial charge is 0.382 e. The Balaban J connectivity index is 0.00000240. The van der Waals surface area contributed by atoms with Crippen LogP contribution in [0.4, 0.5) is 11.5 Å². The number of benzene rings is 1. The molecule has 1 aliphatic rings. The van der Waals surface area contributed by atoms with Crippen molar-refractivity contribution in [1.29, 1.82) is 0 Å². The van der Waals surface area contributed by atoms with Crippen molar-refractivity contribution in [3.8, 4) is 0 Å². The van der Waals surface area contributed by atoms with E-state index in [0.29, 0.717) is 24.5 Å². The van der Waals surface area contributed by atoms with Gasteiger partial charge in [0.05, 0.1) is 11.1 Å². The molecule has 1 amide bonds. The summed E-state index contributed by atoms with van der Waals surface area (Å²) in [6.45, 7) is 1.16. The molecular weight excluding hydrogens is 388 g/mol. The molecular formula is C21H25ClN6O. The maximum Gasteiger partial charge on any atom is 0.252 e. The monoisotopic (exact) mass is 412 g/mol. The van der Waals surface area contributed by atoms with Gasteiger partial charge in [-0.1, -0.05) is 18.2 Å². The number of hydrogen-bond donors (Lipinski definition) is 4. The maximum absolute atomic E-state index is 12.3. The van der Waals surface area contributed by atoms with E-state index in [2.05, 4.69) is 33.2 Å². The van der Waals surface area contributed by atoms with Crippen molar-refractivity contribution in [3.05, 3.63) is 59.4 Å². The second-order valence-corrected chi connectivity index (χ2v) is 6.90. The van der Waals surface area contributed by atoms with Gasteiger partial charge in [0, 0.05) is 36.1 Å². The Hall–Kier alpha value is -2.90. The predicted molar refractivity (Wildman–Crippen MR) is 119 cm³/mol. The van der Waals surface area contributed by atoms with Crippen LogP contribution < -0.4 is 21.9 Å². The number of nitrogens with zero attached hydrogens (tertiary/aromatic N) is 2. The van der Waals surface area contributed by atoms with Crippen molar-refractivity contribution in [3.63, 3.8) is 0 Å². The fourth-order valence-corrected chi connectivity index (χ4v) is 3.65. The van der Waals surface area contributed by atoms with Crippen molar-refractivity contribution in [1.82, 2.24) is 15.3 Å². The zero-order valence-electron chi connectivity index (χ0n) is 16.1. The number of carbonyl (C=O) groups excluding carboxylic acids is 1. The molecule has 4 rings (SSSR count). The van der Waals surface area contributed by atoms with E-state index in [4.69, 9.17) is 10.8 Å². The number of hydrogen-bond acceptors (Lipinski definition) is 6. The van der Waals surface area contributed by atoms with Gasteiger partial charge in [0.25, 0.3) is 5.91 Å². The fraction of sp³-hybridized carbons (Fsp3) is 0.286. The quantitative estimate of drug-likeness (QED) is 0.282. The number of rotatable bonds is 6. The van der Waals surface area contributed by atoms with Gasteiger partial charge in [0.1, 0.15) is 5.82 Å². The minimum Gasteiger partial charge on any atom is -0.382 e. The number of amides is 1. The number of hydrazine groups is 1. The number of aromatic nitrogens is 2. The molecule has 3 aromatic rings. The van der Waals surface area contributed by atoms with E-state index in [9.17, 15) is 4.79 Å². The molecule has 0 unspecified atom stereocenters. The van der Waals surface area contributed by atoms with Crippen molar-refractivity contribution < 1.29 is 4.79 Å². The highest BCUT2D eigenvalue weighted by molar-refractivity contribution is 5.94. The molecule has 0 saturated carbocycles. The van der Waals surface area contributed by atoms with Crippen LogP contribution in [-0.2, 0) is 12.8 Å². The average molecular weight is 413 g/mol. The second kappa shape index (κ2) is 9.54. The van der Waals surface area contributed by atoms with Gasteiger partial charge in [-0.3, -0.25) is 9.78 Å². The molecule has 0 spiro atoms. The van der Waals surface area contributed by atoms with E-state index in [1.54, 1.807) is 12.1 Å². The number of fused-ring (bicyclic) bond motifs is 2. The highest BCUT2D eigenvalue weighted by Gasteiger charge is 2.17. The van der Waals surface area contributed by atoms with E-state index >= 15 is 0 Å². The molecule has 8 heteroatoms. The van der Waals surface area contributed by atoms with E-state index in [0.717, 1.165) is 29.4 Å². The first kappa shape index (κ1) is 20.8. The van der Waals surface area contributed by atoms with Crippen LogP contribution in [0.1, 0.15) is 34.5 Å². The zero-order valence-corrected chi connectivity index (χ0v) is 16.9. The Morgan fingerprint density at radius 2 is 1.90 bits per heavy atom. The molecule has 2 heterocycles. The number of pyridine rings is 2. The van der Waals surface area contributed by atoms with Gasteiger partial charge in [0.15, 0.2) is 0 Å². The Kier molecular flexibility index (Phi) is 6.85. The third kappa shape index (κ3) is 4.58. The number of nitrogens with one attached hydrogen (secondary N) is 3. The number of anilines is 2. The molecule has 7 nitrogen and oxygen atoms in total. The van der Waals surface area contributed by atoms with Crippen LogP contribution in [0.5, 0.6) is 0 Å². The molecule has 5 N–H and O–H groups in total. The van der Waals surface area contributed by atoms with Gasteiger partial charge in [-0.05, 0) is 49.4 Å². The van der Waals surface area contributed by atoms with E-state index < -0.39 is 0 Å². The Morgan fingerprint density at radius 3 is 2.69 bits per heavy atom. The van der Waals surface area contributed by atoms with Gasteiger partial charge in [-0.2, -0.15) is 0 Å². The van der Waals surface area contributed by atoms with Gasteiger partial charge in [0.2, 0.25) is 0 Å². The molecule has 1 aliphatic carbocycles. The van der Waals surface area contributed by atoms with Gasteiger partial charge < -0.3 is 16.1 Å². The summed E-state index contributed by atoms with van der Waals surface area (Å²) in [5.41, 5.74) is 7.66. The number of nitrogen functional groups attached to an aromatic ring is 1. The van der Waals surface area contributed by atoms with E-state index in [1.165, 1.54) is 30.3 Å². The lowest BCUT2D eigenvalue weighted by Gasteiger charge is -2.21. The molecule has 0 saturated heterocycles. The van der Waals surface area contributed by atoms with Crippen molar-refractivity contribution in [2.24, 2.45) is 5.84 Å². The molecule has 0 fully saturated rings. The molecule has 0 aliphatic heterocycles. The predicted octanol–water partition coefficient (Wildman–Crippen LogP) is 3.06. The maximum atomic E-state index is 12.3. The minimum absolute atomic E-state index is 0. The highest BCUT2D eigenvalue weighted by Crippen LogP contribution is 2.33. The SMILES string of the molecule is Cl.NNc1ccc(C(=O)NCCNc2c3c(nc4ccccc24)CCCC3)cn1. The van der Waals surface area contributed by atoms with Gasteiger partial charge in [-0.15, -0.1) is 12.4 Å². The smallest absolute Gasteiger partial charge is 0.252 e. The average Bonchev–Trinajstić information content (AvgIpc) is 2.75. The van der Waals surface area contributed by atoms with Gasteiger partial charge in [-0.25, -0.2) is 10.8 Å². The normalized spacial score (nSPS) is 12.6. The summed E-state index contributed by atoms with van der Waals surface area (Å²) >= 11 is 0. The van der Waals surface area contributed by atoms with Crippen LogP contribution in [0.3, 0.4) is 0 Å². The fourth-order valence-electron chi connectivity index (χ4n) is 3.65. The number of halogens is 1. The summed E-state index contributed by atoms with van der Waals surface area (Å²) in [5, 5.41) is 7.61. The third-order valence-corrected chi connectivity index (χ3v) is 5.06. The summed E-state index contributed by atoms with van der Waals surface area (Å²) in [6.07, 6.45) is 5.98. The number of aryl methyl sites for hydroxylation is 1. The first-order chi connectivity index (χ1) is 13.8. The van der Waals surface area contributed by atoms with Crippen LogP contribution in [0.15, 0.2) is 42.6 Å². The molecule has 0 radical (unpaired) electrons. The minimum atomic E-state index is -0.153. The Bertz CT molecular complexity index is 992. The van der Waals surface area contributed by atoms with Crippen molar-refractivity contribution >= 4 is 40.7 Å². The molecule has 29 heavy (non-hydrogen) atoms. The summed E-state index contributed by atoms with van der Waals surface area (Å²) in [6, 6.07) is 11.6. The van der Waals surface area contributed by atoms with Crippen LogP contribution in [-0.4, -0.2) is 29.0 Å². The lowest BCUT2D eigenvalue weighted by molar-refractivity contribution is 0.0955. The van der Waals surface area contributed by atoms with Crippen LogP contribution >= 0.6 is 12.4 Å². The summed E-state index contributed by atoms with van der Waals surface area (Å²) in [7, 11) is 0. The van der Waals surface area contributed by atoms with Crippen LogP contribution in [0.2, 0.25) is 0 Å². The standard InChI is InChI=1S/C21H24N6O.ClH/c22-27-19-10-9-14(13-25-19)21(28)24-12-11-23-20-15-5-1-3-7-17(15)26-18-8-4-2-6-16(18)20;/h1,3,5,7,9-10,13H,2,4,6,8,11-12,22H2,(H,23,26)(H,24,28)(H,25,27);1H. The first-order valence-electron chi connectivity index (χ1n) is 9.61. The highest BCUT2D eigenvalue weighted by atomic mass is 35.5. The lowest BCUT2D eigenvalue weighted by Crippen LogP contribution is -2.29. The molecule has 0 atom stereocenters. The number of para-hydroxylation sites is 1. The summed E-state index contributed by atoms with van der Waals surface area (Å²) in [5.74, 6) is 5.66. The first-order valence-corrected chi connectivity index (χ1v) is 9.61. The topological polar surface area (TPSA) is 105 Å². The molecule has 1 aromatic carbocycles. The van der Waals surface area contributed by atoms with Crippen molar-refractivity contribution in [2.45, 2.75) is 25.7 Å². The van der Waals surface area contributed by atoms with Crippen molar-refractivity contribution in [2.75, 3.05) is 23.8 Å². The molecule has 0 bridgehead atoms. The third-order valence-electron chi connectivity index (χ3n) is 5.06. The van der Waals surface area contributed by atoms with E-state index in [1.807, 2.05) is 12.1 Å².